The van der Waals surface area contributed by atoms with Crippen LogP contribution in [0.2, 0.25) is 0 Å². The topological polar surface area (TPSA) is 69.0 Å². The van der Waals surface area contributed by atoms with Gasteiger partial charge in [0, 0.05) is 13.2 Å². The van der Waals surface area contributed by atoms with Crippen LogP contribution in [-0.4, -0.2) is 40.2 Å². The maximum Gasteiger partial charge on any atom is 0.273 e. The van der Waals surface area contributed by atoms with Crippen LogP contribution in [0.1, 0.15) is 54.4 Å². The van der Waals surface area contributed by atoms with Crippen LogP contribution < -0.4 is 5.32 Å². The van der Waals surface area contributed by atoms with Gasteiger partial charge in [0.1, 0.15) is 0 Å². The Labute approximate surface area is 142 Å². The van der Waals surface area contributed by atoms with E-state index in [0.717, 1.165) is 36.4 Å². The smallest absolute Gasteiger partial charge is 0.273 e. The van der Waals surface area contributed by atoms with E-state index in [1.165, 1.54) is 0 Å². The Bertz CT molecular complexity index is 718. The van der Waals surface area contributed by atoms with E-state index in [1.54, 1.807) is 4.68 Å². The Morgan fingerprint density at radius 2 is 2.29 bits per heavy atom. The van der Waals surface area contributed by atoms with E-state index < -0.39 is 0 Å². The van der Waals surface area contributed by atoms with Crippen LogP contribution >= 0.6 is 0 Å². The van der Waals surface area contributed by atoms with Gasteiger partial charge in [0.05, 0.1) is 17.5 Å². The highest BCUT2D eigenvalue weighted by atomic mass is 16.5. The Hall–Kier alpha value is -2.21. The van der Waals surface area contributed by atoms with Crippen molar-refractivity contribution >= 4 is 5.91 Å². The first-order valence-corrected chi connectivity index (χ1v) is 8.48. The molecule has 3 rings (SSSR count). The van der Waals surface area contributed by atoms with Crippen LogP contribution in [0.15, 0.2) is 24.3 Å². The molecular weight excluding hydrogens is 304 g/mol. The molecule has 6 nitrogen and oxygen atoms in total. The molecule has 0 bridgehead atoms. The number of carbonyl (C=O) groups is 1. The number of benzene rings is 1. The van der Waals surface area contributed by atoms with Crippen molar-refractivity contribution in [3.63, 3.8) is 0 Å². The lowest BCUT2D eigenvalue weighted by Crippen LogP contribution is -2.32. The van der Waals surface area contributed by atoms with Crippen molar-refractivity contribution < 1.29 is 9.53 Å². The van der Waals surface area contributed by atoms with Crippen molar-refractivity contribution in [1.29, 1.82) is 0 Å². The largest absolute Gasteiger partial charge is 0.376 e. The third-order valence-corrected chi connectivity index (χ3v) is 4.23. The second-order valence-electron chi connectivity index (χ2n) is 6.57. The van der Waals surface area contributed by atoms with E-state index in [2.05, 4.69) is 15.6 Å². The molecule has 128 valence electrons. The molecule has 0 radical (unpaired) electrons. The first kappa shape index (κ1) is 16.6. The third-order valence-electron chi connectivity index (χ3n) is 4.23. The molecule has 0 spiro atoms. The highest BCUT2D eigenvalue weighted by molar-refractivity contribution is 5.93. The molecule has 0 saturated carbocycles. The number of hydrogen-bond donors (Lipinski definition) is 1. The van der Waals surface area contributed by atoms with E-state index in [0.29, 0.717) is 12.2 Å². The molecule has 0 aliphatic carbocycles. The van der Waals surface area contributed by atoms with Gasteiger partial charge in [-0.15, -0.1) is 5.10 Å². The zero-order valence-electron chi connectivity index (χ0n) is 14.5. The Morgan fingerprint density at radius 3 is 2.96 bits per heavy atom. The van der Waals surface area contributed by atoms with E-state index in [-0.39, 0.29) is 17.9 Å². The summed E-state index contributed by atoms with van der Waals surface area (Å²) in [7, 11) is 0. The maximum absolute atomic E-state index is 12.6. The van der Waals surface area contributed by atoms with Gasteiger partial charge in [-0.25, -0.2) is 4.68 Å². The van der Waals surface area contributed by atoms with Gasteiger partial charge in [-0.2, -0.15) is 0 Å². The fraction of sp³-hybridized carbons (Fsp3) is 0.500. The molecule has 2 heterocycles. The predicted octanol–water partition coefficient (Wildman–Crippen LogP) is 2.61. The number of rotatable bonds is 5. The van der Waals surface area contributed by atoms with Gasteiger partial charge in [0.25, 0.3) is 5.91 Å². The van der Waals surface area contributed by atoms with Gasteiger partial charge in [0.2, 0.25) is 0 Å². The standard InChI is InChI=1S/C18H24N4O2/c1-12(2)17-16(18(23)19-11-15-8-5-9-24-15)20-21-22(17)14-7-4-6-13(3)10-14/h4,6-7,10,12,15H,5,8-9,11H2,1-3H3,(H,19,23)/t15-/m1/s1. The number of aromatic nitrogens is 3. The molecule has 1 N–H and O–H groups in total. The molecule has 1 atom stereocenters. The van der Waals surface area contributed by atoms with Crippen molar-refractivity contribution in [1.82, 2.24) is 20.3 Å². The highest BCUT2D eigenvalue weighted by Gasteiger charge is 2.24. The average molecular weight is 328 g/mol. The number of ether oxygens (including phenoxy) is 1. The number of nitrogens with one attached hydrogen (secondary N) is 1. The zero-order chi connectivity index (χ0) is 17.1. The summed E-state index contributed by atoms with van der Waals surface area (Å²) >= 11 is 0. The van der Waals surface area contributed by atoms with Crippen molar-refractivity contribution in [3.8, 4) is 5.69 Å². The van der Waals surface area contributed by atoms with Crippen molar-refractivity contribution in [2.45, 2.75) is 45.6 Å². The second-order valence-corrected chi connectivity index (χ2v) is 6.57. The molecule has 1 saturated heterocycles. The van der Waals surface area contributed by atoms with Gasteiger partial charge in [-0.05, 0) is 43.4 Å². The summed E-state index contributed by atoms with van der Waals surface area (Å²) in [5.74, 6) is -0.0582. The summed E-state index contributed by atoms with van der Waals surface area (Å²) in [6.45, 7) is 7.42. The van der Waals surface area contributed by atoms with Crippen molar-refractivity contribution in [2.24, 2.45) is 0 Å². The Kier molecular flexibility index (Phi) is 4.94. The third kappa shape index (κ3) is 3.48. The molecule has 1 aromatic carbocycles. The summed E-state index contributed by atoms with van der Waals surface area (Å²) < 4.78 is 7.31. The normalized spacial score (nSPS) is 17.4. The first-order valence-electron chi connectivity index (χ1n) is 8.48. The molecule has 1 fully saturated rings. The van der Waals surface area contributed by atoms with Gasteiger partial charge >= 0.3 is 0 Å². The van der Waals surface area contributed by atoms with Gasteiger partial charge in [0.15, 0.2) is 5.69 Å². The number of nitrogens with zero attached hydrogens (tertiary/aromatic N) is 3. The fourth-order valence-corrected chi connectivity index (χ4v) is 3.01. The number of hydrogen-bond acceptors (Lipinski definition) is 4. The molecule has 1 aliphatic heterocycles. The molecule has 1 aromatic heterocycles. The van der Waals surface area contributed by atoms with Crippen molar-refractivity contribution in [2.75, 3.05) is 13.2 Å². The van der Waals surface area contributed by atoms with E-state index in [1.807, 2.05) is 45.0 Å². The monoisotopic (exact) mass is 328 g/mol. The summed E-state index contributed by atoms with van der Waals surface area (Å²) in [6.07, 6.45) is 2.16. The number of aryl methyl sites for hydroxylation is 1. The number of carbonyl (C=O) groups excluding carboxylic acids is 1. The minimum Gasteiger partial charge on any atom is -0.376 e. The van der Waals surface area contributed by atoms with Gasteiger partial charge < -0.3 is 10.1 Å². The zero-order valence-corrected chi connectivity index (χ0v) is 14.5. The van der Waals surface area contributed by atoms with E-state index in [4.69, 9.17) is 4.74 Å². The van der Waals surface area contributed by atoms with Gasteiger partial charge in [-0.3, -0.25) is 4.79 Å². The summed E-state index contributed by atoms with van der Waals surface area (Å²) in [6, 6.07) is 8.02. The molecule has 2 aromatic rings. The minimum atomic E-state index is -0.187. The lowest BCUT2D eigenvalue weighted by atomic mass is 10.1. The predicted molar refractivity (Wildman–Crippen MR) is 91.5 cm³/mol. The summed E-state index contributed by atoms with van der Waals surface area (Å²) in [5.41, 5.74) is 3.28. The molecule has 1 aliphatic rings. The highest BCUT2D eigenvalue weighted by Crippen LogP contribution is 2.22. The van der Waals surface area contributed by atoms with Gasteiger partial charge in [-0.1, -0.05) is 31.2 Å². The van der Waals surface area contributed by atoms with Crippen LogP contribution in [-0.2, 0) is 4.74 Å². The van der Waals surface area contributed by atoms with Crippen molar-refractivity contribution in [3.05, 3.63) is 41.2 Å². The first-order chi connectivity index (χ1) is 11.6. The van der Waals surface area contributed by atoms with E-state index in [9.17, 15) is 4.79 Å². The molecule has 6 heteroatoms. The van der Waals surface area contributed by atoms with Crippen LogP contribution in [0.25, 0.3) is 5.69 Å². The maximum atomic E-state index is 12.6. The Morgan fingerprint density at radius 1 is 1.46 bits per heavy atom. The van der Waals surface area contributed by atoms with Crippen LogP contribution in [0.3, 0.4) is 0 Å². The average Bonchev–Trinajstić information content (AvgIpc) is 3.22. The van der Waals surface area contributed by atoms with Crippen LogP contribution in [0.5, 0.6) is 0 Å². The minimum absolute atomic E-state index is 0.114. The van der Waals surface area contributed by atoms with Crippen LogP contribution in [0, 0.1) is 6.92 Å². The molecule has 1 amide bonds. The quantitative estimate of drug-likeness (QED) is 0.916. The molecular formula is C18H24N4O2. The lowest BCUT2D eigenvalue weighted by Gasteiger charge is -2.13. The lowest BCUT2D eigenvalue weighted by molar-refractivity contribution is 0.0852. The second kappa shape index (κ2) is 7.13. The summed E-state index contributed by atoms with van der Waals surface area (Å²) in [5, 5.41) is 11.3. The summed E-state index contributed by atoms with van der Waals surface area (Å²) in [4.78, 5) is 12.6. The molecule has 0 unspecified atom stereocenters. The molecule has 24 heavy (non-hydrogen) atoms. The SMILES string of the molecule is Cc1cccc(-n2nnc(C(=O)NC[C@H]3CCCO3)c2C(C)C)c1. The number of amides is 1. The van der Waals surface area contributed by atoms with Crippen LogP contribution in [0.4, 0.5) is 0 Å². The fourth-order valence-electron chi connectivity index (χ4n) is 3.01. The Balaban J connectivity index is 1.84. The van der Waals surface area contributed by atoms with E-state index >= 15 is 0 Å².